The van der Waals surface area contributed by atoms with Crippen LogP contribution in [0.15, 0.2) is 0 Å². The Bertz CT molecular complexity index is 50.9. The van der Waals surface area contributed by atoms with Crippen molar-refractivity contribution in [3.8, 4) is 0 Å². The number of likely N-dealkylation sites (tertiary alicyclic amines) is 1. The monoisotopic (exact) mass is 202 g/mol. The molecule has 0 radical (unpaired) electrons. The Morgan fingerprint density at radius 1 is 1.22 bits per heavy atom. The summed E-state index contributed by atoms with van der Waals surface area (Å²) in [5.41, 5.74) is 0. The molecule has 0 amide bonds. The third kappa shape index (κ3) is 5.51. The van der Waals surface area contributed by atoms with Gasteiger partial charge in [0.2, 0.25) is 0 Å². The minimum atomic E-state index is 0. The molecule has 50 valence electrons. The van der Waals surface area contributed by atoms with E-state index in [1.54, 1.807) is 0 Å². The predicted octanol–water partition coefficient (Wildman–Crippen LogP) is 1.36. The van der Waals surface area contributed by atoms with Gasteiger partial charge in [0.15, 0.2) is 0 Å². The molecule has 0 unspecified atom stereocenters. The number of hydrogen-bond donors (Lipinski definition) is 0. The zero-order valence-electron chi connectivity index (χ0n) is 6.43. The molecule has 9 heavy (non-hydrogen) atoms. The van der Waals surface area contributed by atoms with Crippen LogP contribution in [-0.2, 0) is 32.7 Å². The Labute approximate surface area is 84.1 Å². The summed E-state index contributed by atoms with van der Waals surface area (Å²) in [4.78, 5) is 2.36. The summed E-state index contributed by atoms with van der Waals surface area (Å²) in [5.74, 6) is 0. The van der Waals surface area contributed by atoms with E-state index in [9.17, 15) is 0 Å². The molecule has 0 N–H and O–H groups in total. The number of rotatable bonds is 0. The minimum Gasteiger partial charge on any atom is -0.358 e. The van der Waals surface area contributed by atoms with Crippen molar-refractivity contribution in [1.82, 2.24) is 4.90 Å². The smallest absolute Gasteiger partial charge is 0.358 e. The molecule has 0 aromatic carbocycles. The molecule has 0 spiro atoms. The average molecular weight is 202 g/mol. The van der Waals surface area contributed by atoms with Crippen molar-refractivity contribution in [2.45, 2.75) is 12.8 Å². The summed E-state index contributed by atoms with van der Waals surface area (Å²) < 4.78 is 0. The first-order valence-corrected chi connectivity index (χ1v) is 2.90. The van der Waals surface area contributed by atoms with E-state index in [0.717, 1.165) is 0 Å². The van der Waals surface area contributed by atoms with Gasteiger partial charge in [0.1, 0.15) is 0 Å². The molecular weight excluding hydrogens is 187 g/mol. The van der Waals surface area contributed by atoms with Crippen LogP contribution in [0.1, 0.15) is 12.8 Å². The normalized spacial score (nSPS) is 19.7. The average Bonchev–Trinajstić information content (AvgIpc) is 1.69. The van der Waals surface area contributed by atoms with E-state index in [4.69, 9.17) is 0 Å². The Morgan fingerprint density at radius 2 is 1.67 bits per heavy atom. The van der Waals surface area contributed by atoms with Gasteiger partial charge >= 0.3 is 32.7 Å². The molecule has 0 atom stereocenters. The maximum absolute atomic E-state index is 2.36. The molecule has 2 heteroatoms. The third-order valence-corrected chi connectivity index (χ3v) is 1.43. The molecule has 0 aromatic rings. The predicted molar refractivity (Wildman–Crippen MR) is 37.4 cm³/mol. The van der Waals surface area contributed by atoms with Crippen LogP contribution >= 0.6 is 0 Å². The Morgan fingerprint density at radius 3 is 1.89 bits per heavy atom. The first-order valence-electron chi connectivity index (χ1n) is 2.90. The molecule has 1 rings (SSSR count). The van der Waals surface area contributed by atoms with Crippen LogP contribution in [0, 0.1) is 13.8 Å². The van der Waals surface area contributed by atoms with Gasteiger partial charge in [-0.25, -0.2) is 0 Å². The second-order valence-electron chi connectivity index (χ2n) is 2.17. The maximum atomic E-state index is 2.36. The molecule has 1 saturated heterocycles. The van der Waals surface area contributed by atoms with E-state index in [1.807, 2.05) is 0 Å². The van der Waals surface area contributed by atoms with Crippen molar-refractivity contribution < 1.29 is 32.7 Å². The Kier molecular flexibility index (Phi) is 10.1. The van der Waals surface area contributed by atoms with E-state index in [0.29, 0.717) is 0 Å². The minimum absolute atomic E-state index is 0. The number of hydrogen-bond acceptors (Lipinski definition) is 1. The van der Waals surface area contributed by atoms with E-state index in [2.05, 4.69) is 18.4 Å². The molecule has 1 nitrogen and oxygen atoms in total. The molecule has 0 aliphatic carbocycles. The van der Waals surface area contributed by atoms with Crippen LogP contribution in [0.4, 0.5) is 0 Å². The van der Waals surface area contributed by atoms with Crippen LogP contribution in [0.5, 0.6) is 0 Å². The second kappa shape index (κ2) is 7.17. The fourth-order valence-corrected chi connectivity index (χ4v) is 0.879. The number of nitrogens with zero attached hydrogens (tertiary/aromatic N) is 1. The van der Waals surface area contributed by atoms with Crippen molar-refractivity contribution >= 4 is 0 Å². The maximum Gasteiger partial charge on any atom is 3.00 e. The molecule has 1 fully saturated rings. The first kappa shape index (κ1) is 12.7. The van der Waals surface area contributed by atoms with E-state index >= 15 is 0 Å². The van der Waals surface area contributed by atoms with Gasteiger partial charge in [-0.05, 0) is 20.1 Å². The summed E-state index contributed by atoms with van der Waals surface area (Å²) in [6, 6.07) is 0. The van der Waals surface area contributed by atoms with Gasteiger partial charge in [0, 0.05) is 0 Å². The third-order valence-electron chi connectivity index (χ3n) is 1.43. The van der Waals surface area contributed by atoms with Crippen LogP contribution < -0.4 is 0 Å². The standard InChI is InChI=1S/C6H12N.CH3.Y/c1-7-5-3-2-4-6-7;;/h2H,3-6H2,1H3;1H3;/q2*-1;+3. The van der Waals surface area contributed by atoms with Crippen molar-refractivity contribution in [2.24, 2.45) is 0 Å². The van der Waals surface area contributed by atoms with Gasteiger partial charge in [-0.3, -0.25) is 0 Å². The summed E-state index contributed by atoms with van der Waals surface area (Å²) in [6.07, 6.45) is 4.94. The van der Waals surface area contributed by atoms with Crippen molar-refractivity contribution in [3.63, 3.8) is 0 Å². The molecule has 0 saturated carbocycles. The fourth-order valence-electron chi connectivity index (χ4n) is 0.879. The topological polar surface area (TPSA) is 3.24 Å². The Hall–Kier alpha value is 1.06. The van der Waals surface area contributed by atoms with Crippen molar-refractivity contribution in [1.29, 1.82) is 0 Å². The molecule has 1 aliphatic heterocycles. The Balaban J connectivity index is 0. The molecular formula is C7H15NY+. The van der Waals surface area contributed by atoms with Gasteiger partial charge in [-0.2, -0.15) is 12.8 Å². The summed E-state index contributed by atoms with van der Waals surface area (Å²) >= 11 is 0. The van der Waals surface area contributed by atoms with Crippen LogP contribution in [0.25, 0.3) is 0 Å². The molecule has 1 heterocycles. The fraction of sp³-hybridized carbons (Fsp3) is 0.714. The first-order chi connectivity index (χ1) is 3.39. The number of piperidine rings is 1. The quantitative estimate of drug-likeness (QED) is 0.536. The van der Waals surface area contributed by atoms with Gasteiger partial charge in [-0.15, -0.1) is 0 Å². The molecule has 1 aliphatic rings. The van der Waals surface area contributed by atoms with Gasteiger partial charge < -0.3 is 18.7 Å². The van der Waals surface area contributed by atoms with Gasteiger partial charge in [0.25, 0.3) is 0 Å². The van der Waals surface area contributed by atoms with Crippen molar-refractivity contribution in [3.05, 3.63) is 13.8 Å². The zero-order chi connectivity index (χ0) is 5.11. The van der Waals surface area contributed by atoms with Gasteiger partial charge in [0.05, 0.1) is 0 Å². The van der Waals surface area contributed by atoms with E-state index in [1.165, 1.54) is 25.9 Å². The summed E-state index contributed by atoms with van der Waals surface area (Å²) in [5, 5.41) is 0. The summed E-state index contributed by atoms with van der Waals surface area (Å²) in [7, 11) is 2.17. The molecule has 0 aromatic heterocycles. The van der Waals surface area contributed by atoms with Crippen molar-refractivity contribution in [2.75, 3.05) is 20.1 Å². The zero-order valence-corrected chi connectivity index (χ0v) is 9.27. The summed E-state index contributed by atoms with van der Waals surface area (Å²) in [6.45, 7) is 2.53. The van der Waals surface area contributed by atoms with Gasteiger partial charge in [-0.1, -0.05) is 0 Å². The molecule has 0 bridgehead atoms. The van der Waals surface area contributed by atoms with E-state index in [-0.39, 0.29) is 40.1 Å². The van der Waals surface area contributed by atoms with Crippen LogP contribution in [0.2, 0.25) is 0 Å². The van der Waals surface area contributed by atoms with Crippen LogP contribution in [-0.4, -0.2) is 25.0 Å². The van der Waals surface area contributed by atoms with Crippen LogP contribution in [0.3, 0.4) is 0 Å². The SMILES string of the molecule is CN1CC[CH-]CC1.[CH3-].[Y+3]. The van der Waals surface area contributed by atoms with E-state index < -0.39 is 0 Å². The second-order valence-corrected chi connectivity index (χ2v) is 2.17. The largest absolute Gasteiger partial charge is 3.00 e.